The fourth-order valence-electron chi connectivity index (χ4n) is 5.14. The van der Waals surface area contributed by atoms with Gasteiger partial charge in [-0.05, 0) is 84.8 Å². The van der Waals surface area contributed by atoms with Gasteiger partial charge in [0.1, 0.15) is 0 Å². The molecule has 3 aromatic rings. The van der Waals surface area contributed by atoms with Gasteiger partial charge in [-0.3, -0.25) is 14.4 Å². The Bertz CT molecular complexity index is 1410. The molecule has 0 aliphatic carbocycles. The maximum atomic E-state index is 13.2. The number of aryl methyl sites for hydroxylation is 1. The van der Waals surface area contributed by atoms with E-state index in [1.54, 1.807) is 54.6 Å². The molecule has 1 fully saturated rings. The minimum atomic E-state index is -4.32. The molecule has 1 aliphatic rings. The lowest BCUT2D eigenvalue weighted by atomic mass is 9.93. The molecule has 4 rings (SSSR count). The Morgan fingerprint density at radius 2 is 1.63 bits per heavy atom. The van der Waals surface area contributed by atoms with Crippen molar-refractivity contribution >= 4 is 23.5 Å². The lowest BCUT2D eigenvalue weighted by Crippen LogP contribution is -2.42. The van der Waals surface area contributed by atoms with E-state index in [1.165, 1.54) is 4.90 Å². The molecule has 0 aromatic heterocycles. The number of nitrogens with one attached hydrogen (secondary N) is 1. The molecule has 1 heterocycles. The van der Waals surface area contributed by atoms with Gasteiger partial charge in [0.05, 0.1) is 12.0 Å². The van der Waals surface area contributed by atoms with Crippen molar-refractivity contribution in [1.82, 2.24) is 4.90 Å². The molecule has 1 aliphatic heterocycles. The highest BCUT2D eigenvalue weighted by atomic mass is 19.4. The first-order chi connectivity index (χ1) is 19.4. The quantitative estimate of drug-likeness (QED) is 0.285. The first kappa shape index (κ1) is 29.6. The van der Waals surface area contributed by atoms with Gasteiger partial charge in [-0.2, -0.15) is 13.2 Å². The van der Waals surface area contributed by atoms with E-state index >= 15 is 0 Å². The van der Waals surface area contributed by atoms with Gasteiger partial charge < -0.3 is 21.1 Å². The number of carboxylic acids is 1. The molecule has 4 N–H and O–H groups in total. The summed E-state index contributed by atoms with van der Waals surface area (Å²) < 4.78 is 39.6. The average molecular weight is 568 g/mol. The third-order valence-electron chi connectivity index (χ3n) is 7.40. The number of primary amides is 1. The van der Waals surface area contributed by atoms with Crippen LogP contribution in [0.3, 0.4) is 0 Å². The van der Waals surface area contributed by atoms with Crippen LogP contribution in [0.4, 0.5) is 18.9 Å². The van der Waals surface area contributed by atoms with Crippen molar-refractivity contribution in [3.05, 3.63) is 89.0 Å². The molecular formula is C31H32F3N3O4. The van der Waals surface area contributed by atoms with Crippen molar-refractivity contribution in [2.24, 2.45) is 11.7 Å². The number of likely N-dealkylation sites (tertiary alicyclic amines) is 1. The molecule has 0 spiro atoms. The second kappa shape index (κ2) is 12.4. The summed E-state index contributed by atoms with van der Waals surface area (Å²) in [5, 5.41) is 12.5. The number of hydrogen-bond donors (Lipinski definition) is 3. The molecule has 1 unspecified atom stereocenters. The predicted molar refractivity (Wildman–Crippen MR) is 149 cm³/mol. The number of halogens is 3. The van der Waals surface area contributed by atoms with Crippen molar-refractivity contribution in [3.8, 4) is 11.1 Å². The van der Waals surface area contributed by atoms with Gasteiger partial charge in [0.2, 0.25) is 5.91 Å². The van der Waals surface area contributed by atoms with Crippen LogP contribution in [0.5, 0.6) is 0 Å². The van der Waals surface area contributed by atoms with Crippen LogP contribution in [0.15, 0.2) is 66.7 Å². The molecule has 0 saturated carbocycles. The zero-order valence-electron chi connectivity index (χ0n) is 22.6. The molecule has 0 radical (unpaired) electrons. The number of piperidine rings is 1. The number of nitrogens with two attached hydrogens (primary N) is 1. The fourth-order valence-corrected chi connectivity index (χ4v) is 5.14. The number of rotatable bonds is 9. The number of aliphatic carboxylic acids is 1. The summed E-state index contributed by atoms with van der Waals surface area (Å²) in [4.78, 5) is 37.2. The Kier molecular flexibility index (Phi) is 9.00. The van der Waals surface area contributed by atoms with Crippen LogP contribution >= 0.6 is 0 Å². The SMILES string of the molecule is Cc1cc(-c2ccc(C(N)=O)cc2)ccc1C(CCC(F)(F)F)Nc1ccc(C(=O)N2CCC[C@@H](C(=O)O)C2)cc1. The molecule has 1 saturated heterocycles. The molecule has 216 valence electrons. The van der Waals surface area contributed by atoms with Crippen molar-refractivity contribution in [2.45, 2.75) is 44.8 Å². The summed E-state index contributed by atoms with van der Waals surface area (Å²) in [5.74, 6) is -2.31. The average Bonchev–Trinajstić information content (AvgIpc) is 2.95. The van der Waals surface area contributed by atoms with Gasteiger partial charge in [-0.1, -0.05) is 30.3 Å². The molecule has 10 heteroatoms. The lowest BCUT2D eigenvalue weighted by Gasteiger charge is -2.30. The molecule has 0 bridgehead atoms. The molecule has 3 aromatic carbocycles. The Hall–Kier alpha value is -4.34. The van der Waals surface area contributed by atoms with Crippen LogP contribution in [0.1, 0.15) is 63.6 Å². The number of hydrogen-bond acceptors (Lipinski definition) is 4. The van der Waals surface area contributed by atoms with Gasteiger partial charge in [0, 0.05) is 36.3 Å². The van der Waals surface area contributed by atoms with Crippen molar-refractivity contribution in [2.75, 3.05) is 18.4 Å². The Balaban J connectivity index is 1.52. The molecule has 2 amide bonds. The van der Waals surface area contributed by atoms with E-state index in [9.17, 15) is 32.7 Å². The third kappa shape index (κ3) is 7.65. The van der Waals surface area contributed by atoms with E-state index in [0.29, 0.717) is 41.8 Å². The summed E-state index contributed by atoms with van der Waals surface area (Å²) >= 11 is 0. The maximum absolute atomic E-state index is 13.2. The number of nitrogens with zero attached hydrogens (tertiary/aromatic N) is 1. The van der Waals surface area contributed by atoms with Crippen LogP contribution in [0.2, 0.25) is 0 Å². The highest BCUT2D eigenvalue weighted by Gasteiger charge is 2.30. The first-order valence-electron chi connectivity index (χ1n) is 13.4. The van der Waals surface area contributed by atoms with Crippen molar-refractivity contribution < 1.29 is 32.7 Å². The summed E-state index contributed by atoms with van der Waals surface area (Å²) in [6.07, 6.45) is -4.35. The minimum Gasteiger partial charge on any atom is -0.481 e. The van der Waals surface area contributed by atoms with E-state index in [0.717, 1.165) is 16.7 Å². The van der Waals surface area contributed by atoms with E-state index in [2.05, 4.69) is 5.32 Å². The van der Waals surface area contributed by atoms with Crippen molar-refractivity contribution in [1.29, 1.82) is 0 Å². The predicted octanol–water partition coefficient (Wildman–Crippen LogP) is 6.19. The standard InChI is InChI=1S/C31H32F3N3O4/c1-19-17-23(20-4-6-21(7-5-20)28(35)38)10-13-26(19)27(14-15-31(32,33)34)36-25-11-8-22(9-12-25)29(39)37-16-2-3-24(18-37)30(40)41/h4-13,17,24,27,36H,2-3,14-16,18H2,1H3,(H2,35,38)(H,40,41)/t24-,27?/m1/s1. The Morgan fingerprint density at radius 1 is 1.00 bits per heavy atom. The van der Waals surface area contributed by atoms with Gasteiger partial charge >= 0.3 is 12.1 Å². The number of carbonyl (C=O) groups excluding carboxylic acids is 2. The van der Waals surface area contributed by atoms with E-state index in [4.69, 9.17) is 5.73 Å². The normalized spacial score (nSPS) is 16.2. The van der Waals surface area contributed by atoms with Gasteiger partial charge in [0.15, 0.2) is 0 Å². The number of carboxylic acid groups (broad SMARTS) is 1. The second-order valence-corrected chi connectivity index (χ2v) is 10.4. The third-order valence-corrected chi connectivity index (χ3v) is 7.40. The number of alkyl halides is 3. The lowest BCUT2D eigenvalue weighted by molar-refractivity contribution is -0.143. The summed E-state index contributed by atoms with van der Waals surface area (Å²) in [6, 6.07) is 18.1. The van der Waals surface area contributed by atoms with Crippen LogP contribution in [0, 0.1) is 12.8 Å². The maximum Gasteiger partial charge on any atom is 0.389 e. The zero-order valence-corrected chi connectivity index (χ0v) is 22.6. The summed E-state index contributed by atoms with van der Waals surface area (Å²) in [5.41, 5.74) is 9.83. The highest BCUT2D eigenvalue weighted by molar-refractivity contribution is 5.95. The number of anilines is 1. The van der Waals surface area contributed by atoms with Gasteiger partial charge in [-0.25, -0.2) is 0 Å². The highest BCUT2D eigenvalue weighted by Crippen LogP contribution is 2.34. The van der Waals surface area contributed by atoms with Crippen LogP contribution < -0.4 is 11.1 Å². The Morgan fingerprint density at radius 3 is 2.22 bits per heavy atom. The largest absolute Gasteiger partial charge is 0.481 e. The number of benzene rings is 3. The van der Waals surface area contributed by atoms with Gasteiger partial charge in [0.25, 0.3) is 5.91 Å². The van der Waals surface area contributed by atoms with E-state index in [1.807, 2.05) is 19.1 Å². The topological polar surface area (TPSA) is 113 Å². The zero-order chi connectivity index (χ0) is 29.7. The van der Waals surface area contributed by atoms with Crippen LogP contribution in [-0.4, -0.2) is 47.1 Å². The molecule has 7 nitrogen and oxygen atoms in total. The monoisotopic (exact) mass is 567 g/mol. The summed E-state index contributed by atoms with van der Waals surface area (Å²) in [6.45, 7) is 2.47. The molecule has 2 atom stereocenters. The number of amides is 2. The molecule has 41 heavy (non-hydrogen) atoms. The van der Waals surface area contributed by atoms with Crippen molar-refractivity contribution in [3.63, 3.8) is 0 Å². The van der Waals surface area contributed by atoms with Crippen LogP contribution in [-0.2, 0) is 4.79 Å². The van der Waals surface area contributed by atoms with E-state index < -0.39 is 36.4 Å². The molecular weight excluding hydrogens is 535 g/mol. The minimum absolute atomic E-state index is 0.151. The van der Waals surface area contributed by atoms with E-state index in [-0.39, 0.29) is 18.9 Å². The van der Waals surface area contributed by atoms with Gasteiger partial charge in [-0.15, -0.1) is 0 Å². The van der Waals surface area contributed by atoms with Crippen LogP contribution in [0.25, 0.3) is 11.1 Å². The smallest absolute Gasteiger partial charge is 0.389 e. The summed E-state index contributed by atoms with van der Waals surface area (Å²) in [7, 11) is 0. The Labute approximate surface area is 236 Å². The first-order valence-corrected chi connectivity index (χ1v) is 13.4. The number of carbonyl (C=O) groups is 3. The second-order valence-electron chi connectivity index (χ2n) is 10.4. The fraction of sp³-hybridized carbons (Fsp3) is 0.323.